The molecule has 0 bridgehead atoms. The average molecular weight is 262 g/mol. The first-order chi connectivity index (χ1) is 9.02. The number of nitrogens with zero attached hydrogens (tertiary/aromatic N) is 2. The highest BCUT2D eigenvalue weighted by molar-refractivity contribution is 6.01. The lowest BCUT2D eigenvalue weighted by Gasteiger charge is -2.27. The number of benzene rings is 1. The third-order valence-electron chi connectivity index (χ3n) is 2.78. The molecule has 0 fully saturated rings. The van der Waals surface area contributed by atoms with Crippen LogP contribution in [0, 0.1) is 0 Å². The van der Waals surface area contributed by atoms with E-state index in [4.69, 9.17) is 5.11 Å². The van der Waals surface area contributed by atoms with Crippen LogP contribution in [0.4, 0.5) is 10.5 Å². The van der Waals surface area contributed by atoms with Crippen molar-refractivity contribution in [1.29, 1.82) is 0 Å². The molecule has 102 valence electrons. The monoisotopic (exact) mass is 262 g/mol. The van der Waals surface area contributed by atoms with E-state index in [1.165, 1.54) is 11.0 Å². The topological polar surface area (TPSA) is 60.9 Å². The zero-order valence-electron chi connectivity index (χ0n) is 11.2. The molecular formula is C14H18N2O3. The number of rotatable bonds is 5. The molecule has 0 heterocycles. The number of para-hydroxylation sites is 1. The molecule has 0 saturated carbocycles. The highest BCUT2D eigenvalue weighted by atomic mass is 16.4. The van der Waals surface area contributed by atoms with Crippen molar-refractivity contribution >= 4 is 17.7 Å². The molecular weight excluding hydrogens is 244 g/mol. The van der Waals surface area contributed by atoms with Crippen LogP contribution in [0.5, 0.6) is 0 Å². The summed E-state index contributed by atoms with van der Waals surface area (Å²) in [6, 6.07) is 6.17. The van der Waals surface area contributed by atoms with Gasteiger partial charge in [-0.2, -0.15) is 0 Å². The Bertz CT molecular complexity index is 485. The van der Waals surface area contributed by atoms with Gasteiger partial charge < -0.3 is 10.0 Å². The molecule has 0 spiro atoms. The fraction of sp³-hybridized carbons (Fsp3) is 0.286. The van der Waals surface area contributed by atoms with Crippen LogP contribution in [0.1, 0.15) is 17.3 Å². The summed E-state index contributed by atoms with van der Waals surface area (Å²) in [6.07, 6.45) is 1.64. The number of carbonyl (C=O) groups excluding carboxylic acids is 1. The van der Waals surface area contributed by atoms with Gasteiger partial charge in [0, 0.05) is 20.1 Å². The smallest absolute Gasteiger partial charge is 0.337 e. The van der Waals surface area contributed by atoms with Gasteiger partial charge >= 0.3 is 12.0 Å². The van der Waals surface area contributed by atoms with Gasteiger partial charge in [0.05, 0.1) is 11.3 Å². The Hall–Kier alpha value is -2.30. The summed E-state index contributed by atoms with van der Waals surface area (Å²) in [6.45, 7) is 6.42. The Morgan fingerprint density at radius 2 is 2.00 bits per heavy atom. The summed E-state index contributed by atoms with van der Waals surface area (Å²) in [5, 5.41) is 9.13. The Balaban J connectivity index is 3.05. The molecule has 0 aliphatic heterocycles. The van der Waals surface area contributed by atoms with Crippen LogP contribution in [0.25, 0.3) is 0 Å². The third-order valence-corrected chi connectivity index (χ3v) is 2.78. The highest BCUT2D eigenvalue weighted by Gasteiger charge is 2.21. The minimum Gasteiger partial charge on any atom is -0.478 e. The summed E-state index contributed by atoms with van der Waals surface area (Å²) in [7, 11) is 1.57. The minimum absolute atomic E-state index is 0.105. The van der Waals surface area contributed by atoms with E-state index in [2.05, 4.69) is 6.58 Å². The van der Waals surface area contributed by atoms with Gasteiger partial charge in [0.2, 0.25) is 0 Å². The van der Waals surface area contributed by atoms with Crippen molar-refractivity contribution in [2.75, 3.05) is 25.0 Å². The SMILES string of the molecule is C=CCN(CC)C(=O)N(C)c1ccccc1C(=O)O. The molecule has 0 aliphatic rings. The van der Waals surface area contributed by atoms with Gasteiger partial charge in [0.25, 0.3) is 0 Å². The summed E-state index contributed by atoms with van der Waals surface area (Å²) in [5.41, 5.74) is 0.482. The molecule has 5 nitrogen and oxygen atoms in total. The zero-order valence-corrected chi connectivity index (χ0v) is 11.2. The number of carbonyl (C=O) groups is 2. The first-order valence-corrected chi connectivity index (χ1v) is 5.98. The third kappa shape index (κ3) is 3.34. The standard InChI is InChI=1S/C14H18N2O3/c1-4-10-16(5-2)14(19)15(3)12-9-7-6-8-11(12)13(17)18/h4,6-9H,1,5,10H2,2-3H3,(H,17,18). The maximum Gasteiger partial charge on any atom is 0.337 e. The van der Waals surface area contributed by atoms with E-state index in [1.807, 2.05) is 6.92 Å². The number of likely N-dealkylation sites (N-methyl/N-ethyl adjacent to an activating group) is 1. The summed E-state index contributed by atoms with van der Waals surface area (Å²) >= 11 is 0. The summed E-state index contributed by atoms with van der Waals surface area (Å²) < 4.78 is 0. The van der Waals surface area contributed by atoms with Crippen molar-refractivity contribution in [3.05, 3.63) is 42.5 Å². The van der Waals surface area contributed by atoms with E-state index < -0.39 is 5.97 Å². The second kappa shape index (κ2) is 6.58. The number of anilines is 1. The maximum atomic E-state index is 12.3. The molecule has 2 amide bonds. The van der Waals surface area contributed by atoms with Crippen molar-refractivity contribution in [2.24, 2.45) is 0 Å². The normalized spacial score (nSPS) is 9.79. The molecule has 19 heavy (non-hydrogen) atoms. The van der Waals surface area contributed by atoms with Gasteiger partial charge in [-0.05, 0) is 19.1 Å². The van der Waals surface area contributed by atoms with E-state index in [9.17, 15) is 9.59 Å². The number of hydrogen-bond donors (Lipinski definition) is 1. The first-order valence-electron chi connectivity index (χ1n) is 5.98. The van der Waals surface area contributed by atoms with E-state index in [0.29, 0.717) is 18.8 Å². The molecule has 0 unspecified atom stereocenters. The average Bonchev–Trinajstić information content (AvgIpc) is 2.43. The van der Waals surface area contributed by atoms with E-state index in [1.54, 1.807) is 36.2 Å². The summed E-state index contributed by atoms with van der Waals surface area (Å²) in [5.74, 6) is -1.05. The molecule has 0 saturated heterocycles. The Morgan fingerprint density at radius 1 is 1.37 bits per heavy atom. The number of amides is 2. The van der Waals surface area contributed by atoms with Crippen LogP contribution < -0.4 is 4.90 Å². The van der Waals surface area contributed by atoms with Crippen LogP contribution in [-0.4, -0.2) is 42.1 Å². The van der Waals surface area contributed by atoms with Crippen LogP contribution in [0.3, 0.4) is 0 Å². The fourth-order valence-electron chi connectivity index (χ4n) is 1.76. The van der Waals surface area contributed by atoms with Gasteiger partial charge in [0.15, 0.2) is 0 Å². The van der Waals surface area contributed by atoms with Gasteiger partial charge in [-0.25, -0.2) is 9.59 Å². The van der Waals surface area contributed by atoms with Gasteiger partial charge in [-0.3, -0.25) is 4.90 Å². The van der Waals surface area contributed by atoms with Crippen molar-refractivity contribution in [1.82, 2.24) is 4.90 Å². The van der Waals surface area contributed by atoms with Crippen LogP contribution in [0.2, 0.25) is 0 Å². The zero-order chi connectivity index (χ0) is 14.4. The quantitative estimate of drug-likeness (QED) is 0.829. The molecule has 1 aromatic rings. The predicted molar refractivity (Wildman–Crippen MR) is 74.6 cm³/mol. The number of aromatic carboxylic acids is 1. The lowest BCUT2D eigenvalue weighted by atomic mass is 10.1. The van der Waals surface area contributed by atoms with Crippen molar-refractivity contribution in [2.45, 2.75) is 6.92 Å². The number of hydrogen-bond acceptors (Lipinski definition) is 2. The fourth-order valence-corrected chi connectivity index (χ4v) is 1.76. The van der Waals surface area contributed by atoms with E-state index >= 15 is 0 Å². The van der Waals surface area contributed by atoms with Crippen LogP contribution in [0.15, 0.2) is 36.9 Å². The second-order valence-electron chi connectivity index (χ2n) is 3.99. The number of urea groups is 1. The number of carboxylic acid groups (broad SMARTS) is 1. The molecule has 1 aromatic carbocycles. The Kier molecular flexibility index (Phi) is 5.11. The van der Waals surface area contributed by atoms with Gasteiger partial charge in [0.1, 0.15) is 0 Å². The Morgan fingerprint density at radius 3 is 2.53 bits per heavy atom. The van der Waals surface area contributed by atoms with Crippen LogP contribution >= 0.6 is 0 Å². The minimum atomic E-state index is -1.05. The highest BCUT2D eigenvalue weighted by Crippen LogP contribution is 2.20. The second-order valence-corrected chi connectivity index (χ2v) is 3.99. The van der Waals surface area contributed by atoms with Crippen molar-refractivity contribution < 1.29 is 14.7 Å². The van der Waals surface area contributed by atoms with Gasteiger partial charge in [-0.1, -0.05) is 18.2 Å². The molecule has 1 rings (SSSR count). The largest absolute Gasteiger partial charge is 0.478 e. The van der Waals surface area contributed by atoms with E-state index in [0.717, 1.165) is 0 Å². The van der Waals surface area contributed by atoms with Gasteiger partial charge in [-0.15, -0.1) is 6.58 Å². The lowest BCUT2D eigenvalue weighted by Crippen LogP contribution is -2.41. The van der Waals surface area contributed by atoms with E-state index in [-0.39, 0.29) is 11.6 Å². The molecule has 5 heteroatoms. The maximum absolute atomic E-state index is 12.3. The first kappa shape index (κ1) is 14.8. The summed E-state index contributed by atoms with van der Waals surface area (Å²) in [4.78, 5) is 26.3. The van der Waals surface area contributed by atoms with Crippen molar-refractivity contribution in [3.8, 4) is 0 Å². The molecule has 0 aliphatic carbocycles. The Labute approximate surface area is 112 Å². The number of carboxylic acids is 1. The van der Waals surface area contributed by atoms with Crippen LogP contribution in [-0.2, 0) is 0 Å². The molecule has 1 N–H and O–H groups in total. The van der Waals surface area contributed by atoms with Crippen molar-refractivity contribution in [3.63, 3.8) is 0 Å². The molecule has 0 radical (unpaired) electrons. The molecule has 0 atom stereocenters. The lowest BCUT2D eigenvalue weighted by molar-refractivity contribution is 0.0697. The predicted octanol–water partition coefficient (Wildman–Crippen LogP) is 2.45. The molecule has 0 aromatic heterocycles.